The molecule has 0 aliphatic heterocycles. The highest BCUT2D eigenvalue weighted by molar-refractivity contribution is 6.21. The molecule has 0 spiro atoms. The van der Waals surface area contributed by atoms with Crippen LogP contribution in [-0.2, 0) is 5.41 Å². The Labute approximate surface area is 327 Å². The first kappa shape index (κ1) is 32.5. The van der Waals surface area contributed by atoms with Crippen molar-refractivity contribution in [2.75, 3.05) is 4.90 Å². The Hall–Kier alpha value is -6.96. The lowest BCUT2D eigenvalue weighted by molar-refractivity contribution is 0.660. The molecule has 0 amide bonds. The molecule has 0 N–H and O–H groups in total. The molecule has 0 atom stereocenters. The number of hydrogen-bond acceptors (Lipinski definition) is 1. The first-order valence-electron chi connectivity index (χ1n) is 19.6. The Morgan fingerprint density at radius 3 is 1.61 bits per heavy atom. The molecule has 10 aromatic rings. The summed E-state index contributed by atoms with van der Waals surface area (Å²) in [5.74, 6) is 0. The van der Waals surface area contributed by atoms with E-state index in [9.17, 15) is 0 Å². The van der Waals surface area contributed by atoms with Crippen LogP contribution in [0.4, 0.5) is 17.1 Å². The molecule has 0 radical (unpaired) electrons. The maximum Gasteiger partial charge on any atom is 0.0543 e. The summed E-state index contributed by atoms with van der Waals surface area (Å²) in [5, 5.41) is 10.2. The molecule has 11 rings (SSSR count). The van der Waals surface area contributed by atoms with Gasteiger partial charge in [-0.2, -0.15) is 0 Å². The minimum absolute atomic E-state index is 0.100. The summed E-state index contributed by atoms with van der Waals surface area (Å²) in [5.41, 5.74) is 13.6. The highest BCUT2D eigenvalue weighted by atomic mass is 15.1. The molecular weight excluding hydrogens is 675 g/mol. The number of rotatable bonds is 5. The molecule has 0 fully saturated rings. The van der Waals surface area contributed by atoms with E-state index in [-0.39, 0.29) is 5.41 Å². The van der Waals surface area contributed by atoms with Crippen LogP contribution in [0.3, 0.4) is 0 Å². The Balaban J connectivity index is 1.09. The molecule has 1 nitrogen and oxygen atoms in total. The second-order valence-electron chi connectivity index (χ2n) is 15.7. The monoisotopic (exact) mass is 713 g/mol. The minimum atomic E-state index is -0.100. The summed E-state index contributed by atoms with van der Waals surface area (Å²) in [6.07, 6.45) is 0. The molecular formula is C55H39N. The van der Waals surface area contributed by atoms with E-state index in [1.165, 1.54) is 93.3 Å². The van der Waals surface area contributed by atoms with Gasteiger partial charge in [0.25, 0.3) is 0 Å². The van der Waals surface area contributed by atoms with Crippen LogP contribution in [0.1, 0.15) is 25.0 Å². The SMILES string of the molecule is CC1(C)c2ccccc2-c2c(N(c3ccc(-c4cccc5ccccc45)cc3)c3ccc(-c4cc5c6ccccc6ccc5c5ccccc45)cc3)cccc21. The Kier molecular flexibility index (Phi) is 7.28. The number of benzene rings is 10. The molecule has 0 saturated carbocycles. The lowest BCUT2D eigenvalue weighted by atomic mass is 9.82. The molecule has 264 valence electrons. The summed E-state index contributed by atoms with van der Waals surface area (Å²) in [6.45, 7) is 4.72. The van der Waals surface area contributed by atoms with Gasteiger partial charge in [-0.1, -0.05) is 178 Å². The highest BCUT2D eigenvalue weighted by Gasteiger charge is 2.37. The van der Waals surface area contributed by atoms with Gasteiger partial charge in [0.1, 0.15) is 0 Å². The molecule has 1 aliphatic carbocycles. The lowest BCUT2D eigenvalue weighted by Gasteiger charge is -2.29. The Morgan fingerprint density at radius 1 is 0.339 bits per heavy atom. The second-order valence-corrected chi connectivity index (χ2v) is 15.7. The van der Waals surface area contributed by atoms with E-state index >= 15 is 0 Å². The van der Waals surface area contributed by atoms with Crippen molar-refractivity contribution in [1.82, 2.24) is 0 Å². The fourth-order valence-electron chi connectivity index (χ4n) is 9.51. The van der Waals surface area contributed by atoms with E-state index in [2.05, 4.69) is 219 Å². The summed E-state index contributed by atoms with van der Waals surface area (Å²) < 4.78 is 0. The fraction of sp³-hybridized carbons (Fsp3) is 0.0545. The van der Waals surface area contributed by atoms with Crippen LogP contribution >= 0.6 is 0 Å². The van der Waals surface area contributed by atoms with Crippen LogP contribution in [0, 0.1) is 0 Å². The van der Waals surface area contributed by atoms with Crippen molar-refractivity contribution < 1.29 is 0 Å². The van der Waals surface area contributed by atoms with E-state index in [0.29, 0.717) is 0 Å². The van der Waals surface area contributed by atoms with E-state index in [0.717, 1.165) is 11.4 Å². The van der Waals surface area contributed by atoms with Gasteiger partial charge in [-0.15, -0.1) is 0 Å². The zero-order valence-electron chi connectivity index (χ0n) is 31.5. The Morgan fingerprint density at radius 2 is 0.857 bits per heavy atom. The zero-order chi connectivity index (χ0) is 37.4. The predicted octanol–water partition coefficient (Wildman–Crippen LogP) is 15.4. The van der Waals surface area contributed by atoms with Crippen LogP contribution in [0.2, 0.25) is 0 Å². The average Bonchev–Trinajstić information content (AvgIpc) is 3.50. The van der Waals surface area contributed by atoms with Crippen LogP contribution in [0.25, 0.3) is 76.5 Å². The van der Waals surface area contributed by atoms with Gasteiger partial charge < -0.3 is 4.90 Å². The molecule has 0 bridgehead atoms. The van der Waals surface area contributed by atoms with Gasteiger partial charge in [0.2, 0.25) is 0 Å². The summed E-state index contributed by atoms with van der Waals surface area (Å²) in [7, 11) is 0. The fourth-order valence-corrected chi connectivity index (χ4v) is 9.51. The smallest absolute Gasteiger partial charge is 0.0543 e. The van der Waals surface area contributed by atoms with E-state index in [1.54, 1.807) is 0 Å². The minimum Gasteiger partial charge on any atom is -0.310 e. The number of hydrogen-bond donors (Lipinski definition) is 0. The third kappa shape index (κ3) is 4.94. The normalized spacial score (nSPS) is 13.0. The number of nitrogens with zero attached hydrogens (tertiary/aromatic N) is 1. The number of anilines is 3. The first-order valence-corrected chi connectivity index (χ1v) is 19.6. The summed E-state index contributed by atoms with van der Waals surface area (Å²) in [4.78, 5) is 2.46. The van der Waals surface area contributed by atoms with Gasteiger partial charge >= 0.3 is 0 Å². The highest BCUT2D eigenvalue weighted by Crippen LogP contribution is 2.54. The van der Waals surface area contributed by atoms with Crippen LogP contribution < -0.4 is 4.90 Å². The van der Waals surface area contributed by atoms with Crippen molar-refractivity contribution in [3.05, 3.63) is 211 Å². The van der Waals surface area contributed by atoms with Crippen molar-refractivity contribution >= 4 is 60.2 Å². The lowest BCUT2D eigenvalue weighted by Crippen LogP contribution is -2.16. The first-order chi connectivity index (χ1) is 27.5. The van der Waals surface area contributed by atoms with Gasteiger partial charge in [-0.3, -0.25) is 0 Å². The van der Waals surface area contributed by atoms with Gasteiger partial charge in [0.05, 0.1) is 5.69 Å². The Bertz CT molecular complexity index is 3150. The quantitative estimate of drug-likeness (QED) is 0.161. The van der Waals surface area contributed by atoms with Gasteiger partial charge in [0, 0.05) is 22.4 Å². The van der Waals surface area contributed by atoms with Crippen molar-refractivity contribution in [3.8, 4) is 33.4 Å². The molecule has 0 aromatic heterocycles. The van der Waals surface area contributed by atoms with Crippen molar-refractivity contribution in [2.24, 2.45) is 0 Å². The molecule has 0 unspecified atom stereocenters. The van der Waals surface area contributed by atoms with Gasteiger partial charge in [0.15, 0.2) is 0 Å². The molecule has 1 heteroatoms. The summed E-state index contributed by atoms with van der Waals surface area (Å²) >= 11 is 0. The maximum atomic E-state index is 2.46. The molecule has 0 saturated heterocycles. The topological polar surface area (TPSA) is 3.24 Å². The van der Waals surface area contributed by atoms with Gasteiger partial charge in [-0.25, -0.2) is 0 Å². The van der Waals surface area contributed by atoms with E-state index in [4.69, 9.17) is 0 Å². The molecule has 10 aromatic carbocycles. The van der Waals surface area contributed by atoms with Gasteiger partial charge in [-0.05, 0) is 118 Å². The molecule has 56 heavy (non-hydrogen) atoms. The zero-order valence-corrected chi connectivity index (χ0v) is 31.5. The van der Waals surface area contributed by atoms with Crippen LogP contribution in [0.5, 0.6) is 0 Å². The number of fused-ring (bicyclic) bond motifs is 9. The van der Waals surface area contributed by atoms with E-state index in [1.807, 2.05) is 0 Å². The maximum absolute atomic E-state index is 2.46. The van der Waals surface area contributed by atoms with Crippen LogP contribution in [-0.4, -0.2) is 0 Å². The van der Waals surface area contributed by atoms with Crippen molar-refractivity contribution in [3.63, 3.8) is 0 Å². The van der Waals surface area contributed by atoms with Crippen molar-refractivity contribution in [2.45, 2.75) is 19.3 Å². The van der Waals surface area contributed by atoms with E-state index < -0.39 is 0 Å². The third-order valence-electron chi connectivity index (χ3n) is 12.3. The second kappa shape index (κ2) is 12.5. The largest absolute Gasteiger partial charge is 0.310 e. The third-order valence-corrected chi connectivity index (χ3v) is 12.3. The average molecular weight is 714 g/mol. The van der Waals surface area contributed by atoms with Crippen LogP contribution in [0.15, 0.2) is 200 Å². The molecule has 0 heterocycles. The molecule has 1 aliphatic rings. The van der Waals surface area contributed by atoms with Crippen molar-refractivity contribution in [1.29, 1.82) is 0 Å². The predicted molar refractivity (Wildman–Crippen MR) is 240 cm³/mol. The summed E-state index contributed by atoms with van der Waals surface area (Å²) in [6, 6.07) is 73.9. The standard InChI is InChI=1S/C55H39N/c1-55(2)51-22-10-9-20-48(51)54-52(55)23-12-24-53(54)56(40-30-25-38(26-31-40)43-21-11-15-36-13-3-5-16-42(36)43)41-32-27-39(28-33-41)49-35-50-44-17-6-4-14-37(44)29-34-47(50)45-18-7-8-19-46(45)49/h3-35H,1-2H3.